The molecule has 0 atom stereocenters. The van der Waals surface area contributed by atoms with E-state index in [1.165, 1.54) is 7.11 Å². The van der Waals surface area contributed by atoms with Crippen molar-refractivity contribution in [3.05, 3.63) is 17.1 Å². The van der Waals surface area contributed by atoms with Gasteiger partial charge in [0.05, 0.1) is 12.8 Å². The number of anilines is 1. The highest BCUT2D eigenvalue weighted by Gasteiger charge is 2.17. The van der Waals surface area contributed by atoms with Gasteiger partial charge in [-0.25, -0.2) is 14.8 Å². The number of carbonyl (C=O) groups is 1. The summed E-state index contributed by atoms with van der Waals surface area (Å²) in [6.45, 7) is 8.83. The summed E-state index contributed by atoms with van der Waals surface area (Å²) in [6.07, 6.45) is 0.716. The quantitative estimate of drug-likeness (QED) is 0.775. The summed E-state index contributed by atoms with van der Waals surface area (Å²) in [5, 5.41) is 0. The van der Waals surface area contributed by atoms with Gasteiger partial charge in [-0.2, -0.15) is 0 Å². The molecule has 106 valence electrons. The van der Waals surface area contributed by atoms with Crippen molar-refractivity contribution in [1.29, 1.82) is 0 Å². The molecule has 6 heteroatoms. The van der Waals surface area contributed by atoms with Crippen LogP contribution in [-0.2, 0) is 11.2 Å². The zero-order valence-electron chi connectivity index (χ0n) is 12.1. The van der Waals surface area contributed by atoms with Crippen LogP contribution in [0, 0.1) is 6.92 Å². The molecular formula is C13H22N4O2. The molecular weight excluding hydrogens is 244 g/mol. The normalized spacial score (nSPS) is 10.8. The van der Waals surface area contributed by atoms with Crippen molar-refractivity contribution >= 4 is 11.8 Å². The molecule has 0 bridgehead atoms. The van der Waals surface area contributed by atoms with Crippen LogP contribution in [0.1, 0.15) is 35.7 Å². The Morgan fingerprint density at radius 1 is 1.32 bits per heavy atom. The molecule has 0 unspecified atom stereocenters. The minimum Gasteiger partial charge on any atom is -0.465 e. The van der Waals surface area contributed by atoms with Gasteiger partial charge in [-0.15, -0.1) is 0 Å². The van der Waals surface area contributed by atoms with Gasteiger partial charge in [0.2, 0.25) is 0 Å². The Morgan fingerprint density at radius 2 is 1.95 bits per heavy atom. The highest BCUT2D eigenvalue weighted by Crippen LogP contribution is 2.14. The van der Waals surface area contributed by atoms with Gasteiger partial charge in [0, 0.05) is 13.0 Å². The highest BCUT2D eigenvalue weighted by molar-refractivity contribution is 5.95. The van der Waals surface area contributed by atoms with Crippen molar-refractivity contribution in [1.82, 2.24) is 14.9 Å². The minimum atomic E-state index is -0.495. The number of ether oxygens (including phenoxy) is 1. The van der Waals surface area contributed by atoms with Gasteiger partial charge in [0.15, 0.2) is 0 Å². The predicted molar refractivity (Wildman–Crippen MR) is 74.0 cm³/mol. The van der Waals surface area contributed by atoms with Gasteiger partial charge >= 0.3 is 5.97 Å². The van der Waals surface area contributed by atoms with Crippen LogP contribution in [0.2, 0.25) is 0 Å². The number of carbonyl (C=O) groups excluding carboxylic acids is 1. The third-order valence-electron chi connectivity index (χ3n) is 3.10. The number of methoxy groups -OCH3 is 1. The monoisotopic (exact) mass is 266 g/mol. The lowest BCUT2D eigenvalue weighted by molar-refractivity contribution is 0.0600. The molecule has 0 aromatic carbocycles. The number of hydrogen-bond donors (Lipinski definition) is 1. The van der Waals surface area contributed by atoms with Crippen molar-refractivity contribution < 1.29 is 9.53 Å². The second-order valence-electron chi connectivity index (χ2n) is 4.25. The fourth-order valence-corrected chi connectivity index (χ4v) is 1.92. The molecule has 1 heterocycles. The van der Waals surface area contributed by atoms with E-state index in [1.807, 2.05) is 0 Å². The summed E-state index contributed by atoms with van der Waals surface area (Å²) < 4.78 is 4.66. The number of aromatic nitrogens is 2. The van der Waals surface area contributed by atoms with Gasteiger partial charge in [-0.3, -0.25) is 0 Å². The van der Waals surface area contributed by atoms with E-state index in [9.17, 15) is 4.79 Å². The number of rotatable bonds is 6. The highest BCUT2D eigenvalue weighted by atomic mass is 16.5. The Labute approximate surface area is 114 Å². The number of esters is 1. The van der Waals surface area contributed by atoms with Crippen LogP contribution in [-0.4, -0.2) is 47.6 Å². The molecule has 0 radical (unpaired) electrons. The first kappa shape index (κ1) is 15.4. The molecule has 6 nitrogen and oxygen atoms in total. The third-order valence-corrected chi connectivity index (χ3v) is 3.10. The van der Waals surface area contributed by atoms with Crippen LogP contribution in [0.5, 0.6) is 0 Å². The standard InChI is InChI=1S/C13H22N4O2/c1-5-17(6-2)8-7-10-15-9(3)11(12(14)16-10)13(18)19-4/h5-8H2,1-4H3,(H2,14,15,16). The molecule has 0 saturated heterocycles. The Balaban J connectivity index is 2.86. The zero-order valence-corrected chi connectivity index (χ0v) is 12.1. The van der Waals surface area contributed by atoms with Crippen molar-refractivity contribution in [2.75, 3.05) is 32.5 Å². The van der Waals surface area contributed by atoms with Gasteiger partial charge in [0.1, 0.15) is 17.2 Å². The van der Waals surface area contributed by atoms with E-state index in [1.54, 1.807) is 6.92 Å². The third kappa shape index (κ3) is 3.89. The zero-order chi connectivity index (χ0) is 14.4. The van der Waals surface area contributed by atoms with E-state index in [-0.39, 0.29) is 11.4 Å². The van der Waals surface area contributed by atoms with E-state index < -0.39 is 5.97 Å². The van der Waals surface area contributed by atoms with Crippen molar-refractivity contribution in [2.45, 2.75) is 27.2 Å². The number of nitrogens with zero attached hydrogens (tertiary/aromatic N) is 3. The van der Waals surface area contributed by atoms with Crippen LogP contribution in [0.15, 0.2) is 0 Å². The molecule has 0 fully saturated rings. The molecule has 1 aromatic rings. The smallest absolute Gasteiger partial charge is 0.343 e. The molecule has 0 spiro atoms. The van der Waals surface area contributed by atoms with Gasteiger partial charge < -0.3 is 15.4 Å². The molecule has 0 aliphatic carbocycles. The SMILES string of the molecule is CCN(CC)CCc1nc(C)c(C(=O)OC)c(N)n1. The van der Waals surface area contributed by atoms with Crippen molar-refractivity contribution in [3.63, 3.8) is 0 Å². The largest absolute Gasteiger partial charge is 0.465 e. The number of nitrogens with two attached hydrogens (primary N) is 1. The van der Waals surface area contributed by atoms with E-state index >= 15 is 0 Å². The fourth-order valence-electron chi connectivity index (χ4n) is 1.92. The molecule has 1 aromatic heterocycles. The topological polar surface area (TPSA) is 81.3 Å². The first-order chi connectivity index (χ1) is 9.03. The van der Waals surface area contributed by atoms with Crippen LogP contribution >= 0.6 is 0 Å². The van der Waals surface area contributed by atoms with Gasteiger partial charge in [-0.1, -0.05) is 13.8 Å². The van der Waals surface area contributed by atoms with Crippen molar-refractivity contribution in [2.24, 2.45) is 0 Å². The number of nitrogen functional groups attached to an aromatic ring is 1. The second-order valence-corrected chi connectivity index (χ2v) is 4.25. The van der Waals surface area contributed by atoms with Crippen LogP contribution in [0.3, 0.4) is 0 Å². The summed E-state index contributed by atoms with van der Waals surface area (Å²) in [7, 11) is 1.31. The molecule has 0 saturated carbocycles. The Bertz CT molecular complexity index is 421. The van der Waals surface area contributed by atoms with Gasteiger partial charge in [-0.05, 0) is 20.0 Å². The maximum atomic E-state index is 11.5. The van der Waals surface area contributed by atoms with E-state index in [4.69, 9.17) is 5.73 Å². The first-order valence-electron chi connectivity index (χ1n) is 6.47. The van der Waals surface area contributed by atoms with E-state index in [2.05, 4.69) is 33.5 Å². The molecule has 0 amide bonds. The molecule has 2 N–H and O–H groups in total. The average Bonchev–Trinajstić information content (AvgIpc) is 2.38. The Morgan fingerprint density at radius 3 is 2.42 bits per heavy atom. The fraction of sp³-hybridized carbons (Fsp3) is 0.615. The number of likely N-dealkylation sites (N-methyl/N-ethyl adjacent to an activating group) is 1. The summed E-state index contributed by atoms with van der Waals surface area (Å²) in [6, 6.07) is 0. The molecule has 0 aliphatic heterocycles. The number of hydrogen-bond acceptors (Lipinski definition) is 6. The van der Waals surface area contributed by atoms with Gasteiger partial charge in [0.25, 0.3) is 0 Å². The first-order valence-corrected chi connectivity index (χ1v) is 6.47. The van der Waals surface area contributed by atoms with Crippen LogP contribution in [0.4, 0.5) is 5.82 Å². The molecule has 1 rings (SSSR count). The number of aryl methyl sites for hydroxylation is 1. The summed E-state index contributed by atoms with van der Waals surface area (Å²) in [5.74, 6) is 0.355. The summed E-state index contributed by atoms with van der Waals surface area (Å²) in [5.41, 5.74) is 6.63. The lowest BCUT2D eigenvalue weighted by atomic mass is 10.2. The average molecular weight is 266 g/mol. The van der Waals surface area contributed by atoms with Crippen molar-refractivity contribution in [3.8, 4) is 0 Å². The lowest BCUT2D eigenvalue weighted by Gasteiger charge is -2.17. The maximum Gasteiger partial charge on any atom is 0.343 e. The lowest BCUT2D eigenvalue weighted by Crippen LogP contribution is -2.26. The Hall–Kier alpha value is -1.69. The van der Waals surface area contributed by atoms with Crippen LogP contribution < -0.4 is 5.73 Å². The predicted octanol–water partition coefficient (Wildman–Crippen LogP) is 1.04. The Kier molecular flexibility index (Phi) is 5.69. The second kappa shape index (κ2) is 7.04. The minimum absolute atomic E-state index is 0.189. The molecule has 0 aliphatic rings. The summed E-state index contributed by atoms with van der Waals surface area (Å²) in [4.78, 5) is 22.3. The van der Waals surface area contributed by atoms with E-state index in [0.717, 1.165) is 19.6 Å². The maximum absolute atomic E-state index is 11.5. The summed E-state index contributed by atoms with van der Waals surface area (Å²) >= 11 is 0. The molecule has 19 heavy (non-hydrogen) atoms. The van der Waals surface area contributed by atoms with Crippen LogP contribution in [0.25, 0.3) is 0 Å². The van der Waals surface area contributed by atoms with E-state index in [0.29, 0.717) is 17.9 Å².